The lowest BCUT2D eigenvalue weighted by molar-refractivity contribution is -0.170. The molecule has 4 aliphatic carbocycles. The number of esters is 2. The molecule has 0 amide bonds. The van der Waals surface area contributed by atoms with E-state index in [1.807, 2.05) is 109 Å². The number of carboxylic acids is 2. The average molecular weight is 996 g/mol. The molecule has 0 heterocycles. The Morgan fingerprint density at radius 2 is 0.972 bits per heavy atom. The fourth-order valence-corrected chi connectivity index (χ4v) is 13.5. The Balaban J connectivity index is 0.917. The summed E-state index contributed by atoms with van der Waals surface area (Å²) in [6, 6.07) is 55.8. The van der Waals surface area contributed by atoms with Crippen molar-refractivity contribution in [3.63, 3.8) is 0 Å². The minimum Gasteiger partial charge on any atom is -0.481 e. The highest BCUT2D eigenvalue weighted by Gasteiger charge is 2.61. The highest BCUT2D eigenvalue weighted by molar-refractivity contribution is 6.32. The van der Waals surface area contributed by atoms with Crippen molar-refractivity contribution in [2.75, 3.05) is 6.61 Å². The number of hydrogen-bond acceptors (Lipinski definition) is 6. The van der Waals surface area contributed by atoms with Gasteiger partial charge in [-0.3, -0.25) is 19.2 Å². The second-order valence-corrected chi connectivity index (χ2v) is 20.6. The van der Waals surface area contributed by atoms with E-state index in [1.165, 1.54) is 0 Å². The van der Waals surface area contributed by atoms with Crippen LogP contribution < -0.4 is 0 Å². The zero-order valence-corrected chi connectivity index (χ0v) is 40.7. The number of rotatable bonds is 13. The van der Waals surface area contributed by atoms with E-state index in [-0.39, 0.29) is 30.5 Å². The predicted molar refractivity (Wildman–Crippen MR) is 277 cm³/mol. The Labute approximate surface area is 428 Å². The third-order valence-corrected chi connectivity index (χ3v) is 16.9. The summed E-state index contributed by atoms with van der Waals surface area (Å²) >= 11 is 13.4. The first-order valence-electron chi connectivity index (χ1n) is 24.8. The van der Waals surface area contributed by atoms with Crippen LogP contribution in [-0.2, 0) is 28.7 Å². The normalized spacial score (nSPS) is 25.9. The zero-order chi connectivity index (χ0) is 49.6. The standard InChI is InChI=1S/C62H52Cl2O8/c63-47-30-12-9-26-44(47)53-56(60(67)68)54(45-27-10-13-31-48(45)64)58(53)61(69)71-34-46-41-24-7-8-25-42(41)52-40(28-16-29-43(46)52)37-21-15-22-38(33-37)51-55(59(65)66)50(36-19-5-2-6-20-36)57(51)62(70)72-49-32-14-11-23-39(49)35-17-3-1-4-18-35/h1-10,12-13,15-22,24-31,33,39,46,49-51,53-58H,11,14,23,32,34H2,(H,65,66)(H,67,68)/t39-,46?,49+,50-,51-,53-,54-,55+,56-,57+,58-/m0/s1. The van der Waals surface area contributed by atoms with Crippen LogP contribution in [0.1, 0.15) is 100 Å². The summed E-state index contributed by atoms with van der Waals surface area (Å²) in [6.45, 7) is -0.00971. The summed E-state index contributed by atoms with van der Waals surface area (Å²) in [7, 11) is 0. The Morgan fingerprint density at radius 3 is 1.62 bits per heavy atom. The molecule has 7 aromatic carbocycles. The summed E-state index contributed by atoms with van der Waals surface area (Å²) in [6.07, 6.45) is 3.34. The van der Waals surface area contributed by atoms with Crippen LogP contribution in [0.4, 0.5) is 0 Å². The van der Waals surface area contributed by atoms with Crippen molar-refractivity contribution in [1.29, 1.82) is 0 Å². The van der Waals surface area contributed by atoms with Gasteiger partial charge in [-0.15, -0.1) is 0 Å². The van der Waals surface area contributed by atoms with E-state index < -0.39 is 65.3 Å². The topological polar surface area (TPSA) is 127 Å². The lowest BCUT2D eigenvalue weighted by atomic mass is 9.52. The summed E-state index contributed by atoms with van der Waals surface area (Å²) in [5, 5.41) is 22.4. The first-order valence-corrected chi connectivity index (χ1v) is 25.6. The van der Waals surface area contributed by atoms with Crippen LogP contribution >= 0.6 is 23.2 Å². The van der Waals surface area contributed by atoms with Crippen LogP contribution in [0.2, 0.25) is 10.0 Å². The molecule has 0 aliphatic heterocycles. The molecule has 0 spiro atoms. The van der Waals surface area contributed by atoms with E-state index in [9.17, 15) is 29.4 Å². The van der Waals surface area contributed by atoms with Gasteiger partial charge in [-0.1, -0.05) is 193 Å². The Kier molecular flexibility index (Phi) is 13.1. The second-order valence-electron chi connectivity index (χ2n) is 19.8. The first kappa shape index (κ1) is 47.3. The van der Waals surface area contributed by atoms with Crippen LogP contribution in [0.3, 0.4) is 0 Å². The van der Waals surface area contributed by atoms with Crippen LogP contribution in [0, 0.1) is 23.7 Å². The molecular weight excluding hydrogens is 944 g/mol. The Hall–Kier alpha value is -7.00. The van der Waals surface area contributed by atoms with E-state index in [1.54, 1.807) is 48.5 Å². The van der Waals surface area contributed by atoms with Crippen molar-refractivity contribution in [3.8, 4) is 22.3 Å². The monoisotopic (exact) mass is 994 g/mol. The molecule has 0 radical (unpaired) electrons. The zero-order valence-electron chi connectivity index (χ0n) is 39.2. The van der Waals surface area contributed by atoms with Crippen molar-refractivity contribution in [1.82, 2.24) is 0 Å². The molecule has 0 aromatic heterocycles. The quantitative estimate of drug-likeness (QED) is 0.109. The van der Waals surface area contributed by atoms with Gasteiger partial charge in [0.05, 0.1) is 23.7 Å². The molecule has 3 saturated carbocycles. The molecule has 0 saturated heterocycles. The minimum absolute atomic E-state index is 0.00971. The van der Waals surface area contributed by atoms with Crippen LogP contribution in [0.15, 0.2) is 176 Å². The number of halogens is 2. The third-order valence-electron chi connectivity index (χ3n) is 16.2. The van der Waals surface area contributed by atoms with Crippen LogP contribution in [0.25, 0.3) is 22.3 Å². The third kappa shape index (κ3) is 8.38. The molecule has 72 heavy (non-hydrogen) atoms. The van der Waals surface area contributed by atoms with E-state index in [0.29, 0.717) is 21.2 Å². The molecule has 8 nitrogen and oxygen atoms in total. The average Bonchev–Trinajstić information content (AvgIpc) is 3.70. The van der Waals surface area contributed by atoms with E-state index in [0.717, 1.165) is 75.8 Å². The Morgan fingerprint density at radius 1 is 0.472 bits per heavy atom. The van der Waals surface area contributed by atoms with Crippen molar-refractivity contribution in [2.24, 2.45) is 23.7 Å². The molecule has 1 unspecified atom stereocenters. The summed E-state index contributed by atoms with van der Waals surface area (Å²) in [5.41, 5.74) is 9.45. The predicted octanol–water partition coefficient (Wildman–Crippen LogP) is 13.7. The van der Waals surface area contributed by atoms with E-state index in [2.05, 4.69) is 18.2 Å². The van der Waals surface area contributed by atoms with Gasteiger partial charge in [0.1, 0.15) is 12.7 Å². The van der Waals surface area contributed by atoms with Gasteiger partial charge >= 0.3 is 23.9 Å². The number of hydrogen-bond donors (Lipinski definition) is 2. The van der Waals surface area contributed by atoms with Gasteiger partial charge in [-0.25, -0.2) is 0 Å². The SMILES string of the molecule is O=C(O)[C@@H]1[C@H](c2ccccc2)[C@@H](C(=O)O[C@@H]2CCCC[C@H]2c2ccccc2)[C@H]1c1cccc(-c2cccc3c2-c2ccccc2C3COC(=O)[C@H]2[C@@H](c3ccccc3Cl)[C@H](C(=O)O)[C@@H]2c2ccccc2Cl)c1. The number of benzene rings is 7. The van der Waals surface area contributed by atoms with Crippen molar-refractivity contribution in [2.45, 2.75) is 67.3 Å². The molecule has 362 valence electrons. The number of carbonyl (C=O) groups excluding carboxylic acids is 2. The molecular formula is C62H52Cl2O8. The highest BCUT2D eigenvalue weighted by Crippen LogP contribution is 2.61. The van der Waals surface area contributed by atoms with Crippen LogP contribution in [-0.4, -0.2) is 46.8 Å². The van der Waals surface area contributed by atoms with E-state index in [4.69, 9.17) is 32.7 Å². The summed E-state index contributed by atoms with van der Waals surface area (Å²) in [5.74, 6) is -9.46. The molecule has 10 heteroatoms. The number of aliphatic carboxylic acids is 2. The fourth-order valence-electron chi connectivity index (χ4n) is 13.0. The lowest BCUT2D eigenvalue weighted by Crippen LogP contribution is -2.52. The van der Waals surface area contributed by atoms with Gasteiger partial charge in [0.15, 0.2) is 0 Å². The molecule has 9 atom stereocenters. The molecule has 0 bridgehead atoms. The number of carbonyl (C=O) groups is 4. The Bertz CT molecular complexity index is 3140. The van der Waals surface area contributed by atoms with Crippen molar-refractivity contribution in [3.05, 3.63) is 225 Å². The summed E-state index contributed by atoms with van der Waals surface area (Å²) < 4.78 is 12.9. The smallest absolute Gasteiger partial charge is 0.310 e. The lowest BCUT2D eigenvalue weighted by Gasteiger charge is -2.49. The molecule has 11 rings (SSSR count). The van der Waals surface area contributed by atoms with Gasteiger partial charge in [0, 0.05) is 45.6 Å². The van der Waals surface area contributed by atoms with Gasteiger partial charge in [-0.2, -0.15) is 0 Å². The van der Waals surface area contributed by atoms with Gasteiger partial charge in [-0.05, 0) is 92.6 Å². The first-order chi connectivity index (χ1) is 35.1. The maximum atomic E-state index is 14.8. The molecule has 7 aromatic rings. The van der Waals surface area contributed by atoms with E-state index >= 15 is 0 Å². The van der Waals surface area contributed by atoms with Gasteiger partial charge < -0.3 is 19.7 Å². The maximum Gasteiger partial charge on any atom is 0.310 e. The summed E-state index contributed by atoms with van der Waals surface area (Å²) in [4.78, 5) is 55.9. The number of fused-ring (bicyclic) bond motifs is 3. The van der Waals surface area contributed by atoms with Crippen molar-refractivity contribution >= 4 is 47.1 Å². The van der Waals surface area contributed by atoms with Crippen LogP contribution in [0.5, 0.6) is 0 Å². The number of ether oxygens (including phenoxy) is 2. The molecule has 4 aliphatic rings. The second kappa shape index (κ2) is 19.9. The molecule has 2 N–H and O–H groups in total. The number of carboxylic acid groups (broad SMARTS) is 2. The maximum absolute atomic E-state index is 14.8. The minimum atomic E-state index is -1.05. The van der Waals surface area contributed by atoms with Gasteiger partial charge in [0.2, 0.25) is 0 Å². The highest BCUT2D eigenvalue weighted by atomic mass is 35.5. The van der Waals surface area contributed by atoms with Crippen molar-refractivity contribution < 1.29 is 38.9 Å². The fraction of sp³-hybridized carbons (Fsp3) is 0.258. The van der Waals surface area contributed by atoms with Gasteiger partial charge in [0.25, 0.3) is 0 Å². The largest absolute Gasteiger partial charge is 0.481 e. The molecule has 3 fully saturated rings.